The Balaban J connectivity index is 2.35. The SMILES string of the molecule is CC(=O)N[C@H]1[C@H]([C@H](O)[C@H](O)CO)OC(C(=O)O)=C(C/C=C/c2ccc(C)cc2)[C@@H]1O. The number of carboxylic acids is 1. The highest BCUT2D eigenvalue weighted by Crippen LogP contribution is 2.30. The lowest BCUT2D eigenvalue weighted by molar-refractivity contribution is -0.150. The van der Waals surface area contributed by atoms with Crippen molar-refractivity contribution < 1.29 is 39.9 Å². The molecule has 6 N–H and O–H groups in total. The van der Waals surface area contributed by atoms with E-state index in [1.54, 1.807) is 12.2 Å². The van der Waals surface area contributed by atoms with E-state index in [0.717, 1.165) is 11.1 Å². The largest absolute Gasteiger partial charge is 0.478 e. The Morgan fingerprint density at radius 3 is 2.40 bits per heavy atom. The average Bonchev–Trinajstić information content (AvgIpc) is 2.70. The zero-order valence-corrected chi connectivity index (χ0v) is 16.7. The van der Waals surface area contributed by atoms with E-state index in [1.807, 2.05) is 31.2 Å². The normalized spacial score (nSPS) is 23.7. The number of nitrogens with one attached hydrogen (secondary N) is 1. The Bertz CT molecular complexity index is 817. The van der Waals surface area contributed by atoms with Crippen LogP contribution in [0.25, 0.3) is 6.08 Å². The first-order chi connectivity index (χ1) is 14.1. The van der Waals surface area contributed by atoms with E-state index in [2.05, 4.69) is 5.32 Å². The molecule has 164 valence electrons. The summed E-state index contributed by atoms with van der Waals surface area (Å²) < 4.78 is 5.40. The lowest BCUT2D eigenvalue weighted by Crippen LogP contribution is -2.61. The molecule has 0 spiro atoms. The molecule has 0 fully saturated rings. The standard InChI is InChI=1S/C21H27NO8/c1-11-6-8-13(9-7-11)4-3-5-14-17(26)16(22-12(2)24)20(18(27)15(25)10-23)30-19(14)21(28)29/h3-4,6-9,15-18,20,23,25-27H,5,10H2,1-2H3,(H,22,24)(H,28,29)/b4-3+/t15-,16-,17+,18-,20-/m1/s1. The van der Waals surface area contributed by atoms with Crippen molar-refractivity contribution in [2.75, 3.05) is 6.61 Å². The molecule has 30 heavy (non-hydrogen) atoms. The molecule has 1 aliphatic rings. The van der Waals surface area contributed by atoms with Crippen molar-refractivity contribution in [3.05, 3.63) is 52.8 Å². The molecular weight excluding hydrogens is 394 g/mol. The van der Waals surface area contributed by atoms with Gasteiger partial charge in [0, 0.05) is 12.5 Å². The van der Waals surface area contributed by atoms with Crippen LogP contribution in [0.5, 0.6) is 0 Å². The lowest BCUT2D eigenvalue weighted by Gasteiger charge is -2.40. The summed E-state index contributed by atoms with van der Waals surface area (Å²) in [5.41, 5.74) is 1.97. The fourth-order valence-electron chi connectivity index (χ4n) is 3.22. The van der Waals surface area contributed by atoms with Crippen molar-refractivity contribution in [3.63, 3.8) is 0 Å². The van der Waals surface area contributed by atoms with Gasteiger partial charge in [0.1, 0.15) is 18.3 Å². The Hall–Kier alpha value is -2.72. The van der Waals surface area contributed by atoms with Crippen LogP contribution in [0.2, 0.25) is 0 Å². The molecule has 2 rings (SSSR count). The van der Waals surface area contributed by atoms with Crippen LogP contribution in [-0.4, -0.2) is 74.5 Å². The third kappa shape index (κ3) is 5.67. The Labute approximate surface area is 173 Å². The monoisotopic (exact) mass is 421 g/mol. The highest BCUT2D eigenvalue weighted by Gasteiger charge is 2.46. The number of carbonyl (C=O) groups excluding carboxylic acids is 1. The number of amides is 1. The van der Waals surface area contributed by atoms with Gasteiger partial charge in [0.05, 0.1) is 12.6 Å². The number of ether oxygens (including phenoxy) is 1. The molecule has 0 aliphatic carbocycles. The molecule has 0 aromatic heterocycles. The molecule has 9 nitrogen and oxygen atoms in total. The number of aliphatic hydroxyl groups is 4. The maximum Gasteiger partial charge on any atom is 0.371 e. The Morgan fingerprint density at radius 1 is 1.23 bits per heavy atom. The summed E-state index contributed by atoms with van der Waals surface area (Å²) in [6.07, 6.45) is -2.97. The van der Waals surface area contributed by atoms with Crippen LogP contribution >= 0.6 is 0 Å². The number of carboxylic acid groups (broad SMARTS) is 1. The fraction of sp³-hybridized carbons (Fsp3) is 0.429. The first kappa shape index (κ1) is 23.6. The topological polar surface area (TPSA) is 157 Å². The number of rotatable bonds is 8. The molecule has 0 saturated heterocycles. The van der Waals surface area contributed by atoms with E-state index in [0.29, 0.717) is 0 Å². The number of carbonyl (C=O) groups is 2. The molecular formula is C21H27NO8. The molecule has 0 bridgehead atoms. The second-order valence-electron chi connectivity index (χ2n) is 7.17. The van der Waals surface area contributed by atoms with Crippen molar-refractivity contribution in [2.45, 2.75) is 50.7 Å². The molecule has 1 heterocycles. The summed E-state index contributed by atoms with van der Waals surface area (Å²) in [5.74, 6) is -2.59. The zero-order chi connectivity index (χ0) is 22.4. The third-order valence-electron chi connectivity index (χ3n) is 4.80. The number of hydrogen-bond acceptors (Lipinski definition) is 7. The Kier molecular flexibility index (Phi) is 8.13. The minimum absolute atomic E-state index is 0.00606. The van der Waals surface area contributed by atoms with Gasteiger partial charge in [-0.1, -0.05) is 42.0 Å². The molecule has 0 unspecified atom stereocenters. The smallest absolute Gasteiger partial charge is 0.371 e. The number of hydrogen-bond donors (Lipinski definition) is 6. The summed E-state index contributed by atoms with van der Waals surface area (Å²) in [4.78, 5) is 23.3. The van der Waals surface area contributed by atoms with E-state index >= 15 is 0 Å². The molecule has 1 amide bonds. The number of aliphatic hydroxyl groups excluding tert-OH is 4. The minimum atomic E-state index is -1.75. The van der Waals surface area contributed by atoms with Gasteiger partial charge in [-0.05, 0) is 18.9 Å². The fourth-order valence-corrected chi connectivity index (χ4v) is 3.22. The van der Waals surface area contributed by atoms with Crippen molar-refractivity contribution in [1.82, 2.24) is 5.32 Å². The molecule has 1 aromatic rings. The zero-order valence-electron chi connectivity index (χ0n) is 16.7. The number of aryl methyl sites for hydroxylation is 1. The van der Waals surface area contributed by atoms with Gasteiger partial charge in [0.25, 0.3) is 0 Å². The van der Waals surface area contributed by atoms with Crippen LogP contribution in [0.1, 0.15) is 24.5 Å². The van der Waals surface area contributed by atoms with Gasteiger partial charge in [-0.2, -0.15) is 0 Å². The van der Waals surface area contributed by atoms with E-state index in [-0.39, 0.29) is 12.0 Å². The summed E-state index contributed by atoms with van der Waals surface area (Å²) in [6.45, 7) is 2.32. The lowest BCUT2D eigenvalue weighted by atomic mass is 9.87. The van der Waals surface area contributed by atoms with E-state index in [4.69, 9.17) is 9.84 Å². The van der Waals surface area contributed by atoms with Crippen LogP contribution in [0, 0.1) is 6.92 Å². The molecule has 0 radical (unpaired) electrons. The van der Waals surface area contributed by atoms with E-state index in [1.165, 1.54) is 6.92 Å². The first-order valence-electron chi connectivity index (χ1n) is 9.44. The van der Waals surface area contributed by atoms with Gasteiger partial charge in [0.2, 0.25) is 11.7 Å². The van der Waals surface area contributed by atoms with Crippen LogP contribution < -0.4 is 5.32 Å². The quantitative estimate of drug-likeness (QED) is 0.335. The maximum absolute atomic E-state index is 11.7. The predicted octanol–water partition coefficient (Wildman–Crippen LogP) is -0.284. The first-order valence-corrected chi connectivity index (χ1v) is 9.44. The minimum Gasteiger partial charge on any atom is -0.478 e. The summed E-state index contributed by atoms with van der Waals surface area (Å²) in [7, 11) is 0. The molecule has 9 heteroatoms. The van der Waals surface area contributed by atoms with Crippen molar-refractivity contribution in [3.8, 4) is 0 Å². The summed E-state index contributed by atoms with van der Waals surface area (Å²) in [5, 5.41) is 51.8. The average molecular weight is 421 g/mol. The summed E-state index contributed by atoms with van der Waals surface area (Å²) >= 11 is 0. The molecule has 5 atom stereocenters. The number of benzene rings is 1. The Morgan fingerprint density at radius 2 is 1.87 bits per heavy atom. The van der Waals surface area contributed by atoms with Gasteiger partial charge >= 0.3 is 5.97 Å². The summed E-state index contributed by atoms with van der Waals surface area (Å²) in [6, 6.07) is 6.38. The van der Waals surface area contributed by atoms with E-state index < -0.39 is 54.7 Å². The maximum atomic E-state index is 11.7. The number of allylic oxidation sites excluding steroid dienone is 1. The second kappa shape index (κ2) is 10.4. The van der Waals surface area contributed by atoms with Crippen LogP contribution in [0.15, 0.2) is 41.7 Å². The van der Waals surface area contributed by atoms with Crippen molar-refractivity contribution in [2.24, 2.45) is 0 Å². The third-order valence-corrected chi connectivity index (χ3v) is 4.80. The van der Waals surface area contributed by atoms with Crippen molar-refractivity contribution >= 4 is 18.0 Å². The van der Waals surface area contributed by atoms with Gasteiger partial charge in [-0.15, -0.1) is 0 Å². The van der Waals surface area contributed by atoms with Gasteiger partial charge < -0.3 is 35.6 Å². The van der Waals surface area contributed by atoms with Crippen LogP contribution in [-0.2, 0) is 14.3 Å². The van der Waals surface area contributed by atoms with Gasteiger partial charge in [-0.3, -0.25) is 4.79 Å². The highest BCUT2D eigenvalue weighted by molar-refractivity contribution is 5.86. The highest BCUT2D eigenvalue weighted by atomic mass is 16.5. The van der Waals surface area contributed by atoms with Gasteiger partial charge in [-0.25, -0.2) is 4.79 Å². The van der Waals surface area contributed by atoms with Crippen LogP contribution in [0.4, 0.5) is 0 Å². The second-order valence-corrected chi connectivity index (χ2v) is 7.17. The van der Waals surface area contributed by atoms with E-state index in [9.17, 15) is 30.0 Å². The van der Waals surface area contributed by atoms with Gasteiger partial charge in [0.15, 0.2) is 6.10 Å². The van der Waals surface area contributed by atoms with Crippen LogP contribution in [0.3, 0.4) is 0 Å². The predicted molar refractivity (Wildman–Crippen MR) is 107 cm³/mol. The molecule has 0 saturated carbocycles. The number of aliphatic carboxylic acids is 1. The molecule has 1 aromatic carbocycles. The van der Waals surface area contributed by atoms with Crippen molar-refractivity contribution in [1.29, 1.82) is 0 Å². The molecule has 1 aliphatic heterocycles.